The van der Waals surface area contributed by atoms with Crippen LogP contribution in [0.2, 0.25) is 0 Å². The summed E-state index contributed by atoms with van der Waals surface area (Å²) >= 11 is 0. The Morgan fingerprint density at radius 2 is 2.33 bits per heavy atom. The van der Waals surface area contributed by atoms with E-state index in [0.717, 1.165) is 6.42 Å². The Labute approximate surface area is 105 Å². The van der Waals surface area contributed by atoms with Gasteiger partial charge in [0, 0.05) is 6.54 Å². The van der Waals surface area contributed by atoms with Gasteiger partial charge >= 0.3 is 5.97 Å². The Bertz CT molecular complexity index is 533. The van der Waals surface area contributed by atoms with Crippen molar-refractivity contribution in [3.8, 4) is 0 Å². The first-order valence-corrected chi connectivity index (χ1v) is 7.43. The van der Waals surface area contributed by atoms with E-state index in [9.17, 15) is 13.2 Å². The molecule has 1 aliphatic heterocycles. The lowest BCUT2D eigenvalue weighted by atomic mass is 10.2. The average Bonchev–Trinajstić information content (AvgIpc) is 2.86. The molecule has 7 heteroatoms. The third-order valence-electron chi connectivity index (χ3n) is 3.03. The van der Waals surface area contributed by atoms with Crippen molar-refractivity contribution in [2.24, 2.45) is 0 Å². The lowest BCUT2D eigenvalue weighted by Crippen LogP contribution is -2.30. The molecule has 1 unspecified atom stereocenters. The van der Waals surface area contributed by atoms with Gasteiger partial charge in [0.25, 0.3) is 0 Å². The normalized spacial score (nSPS) is 22.1. The number of carbonyl (C=O) groups is 1. The van der Waals surface area contributed by atoms with Gasteiger partial charge < -0.3 is 14.8 Å². The molecule has 0 aromatic carbocycles. The van der Waals surface area contributed by atoms with Crippen molar-refractivity contribution in [2.45, 2.75) is 24.6 Å². The standard InChI is InChI=1S/C11H15NO5S/c13-11(14)8-4-9(17-7-8)5-12-6-10-2-1-3-18(10,15)16/h4,7,10,12H,1-3,5-6H2,(H,13,14). The summed E-state index contributed by atoms with van der Waals surface area (Å²) in [5.74, 6) is -0.283. The molecule has 1 saturated heterocycles. The Balaban J connectivity index is 1.83. The molecule has 0 saturated carbocycles. The van der Waals surface area contributed by atoms with Gasteiger partial charge in [-0.2, -0.15) is 0 Å². The molecule has 1 aromatic rings. The highest BCUT2D eigenvalue weighted by molar-refractivity contribution is 7.92. The molecular weight excluding hydrogens is 258 g/mol. The number of rotatable bonds is 5. The highest BCUT2D eigenvalue weighted by Crippen LogP contribution is 2.19. The van der Waals surface area contributed by atoms with E-state index in [4.69, 9.17) is 9.52 Å². The molecule has 0 amide bonds. The largest absolute Gasteiger partial charge is 0.478 e. The molecule has 2 rings (SSSR count). The van der Waals surface area contributed by atoms with Crippen LogP contribution in [-0.4, -0.2) is 37.0 Å². The van der Waals surface area contributed by atoms with Gasteiger partial charge in [-0.05, 0) is 18.9 Å². The van der Waals surface area contributed by atoms with E-state index >= 15 is 0 Å². The van der Waals surface area contributed by atoms with E-state index in [1.54, 1.807) is 0 Å². The summed E-state index contributed by atoms with van der Waals surface area (Å²) in [5, 5.41) is 11.4. The van der Waals surface area contributed by atoms with Gasteiger partial charge in [-0.15, -0.1) is 0 Å². The molecule has 1 aromatic heterocycles. The molecule has 18 heavy (non-hydrogen) atoms. The number of sulfone groups is 1. The van der Waals surface area contributed by atoms with Crippen LogP contribution in [0.1, 0.15) is 29.0 Å². The van der Waals surface area contributed by atoms with Crippen LogP contribution in [0.5, 0.6) is 0 Å². The third-order valence-corrected chi connectivity index (χ3v) is 5.31. The first kappa shape index (κ1) is 13.1. The van der Waals surface area contributed by atoms with Crippen molar-refractivity contribution < 1.29 is 22.7 Å². The number of furan rings is 1. The molecule has 2 N–H and O–H groups in total. The van der Waals surface area contributed by atoms with Crippen molar-refractivity contribution in [1.82, 2.24) is 5.32 Å². The summed E-state index contributed by atoms with van der Waals surface area (Å²) in [4.78, 5) is 10.6. The quantitative estimate of drug-likeness (QED) is 0.817. The van der Waals surface area contributed by atoms with Crippen molar-refractivity contribution in [2.75, 3.05) is 12.3 Å². The molecule has 2 heterocycles. The number of nitrogens with one attached hydrogen (secondary N) is 1. The zero-order valence-electron chi connectivity index (χ0n) is 9.76. The maximum atomic E-state index is 11.6. The Hall–Kier alpha value is -1.34. The molecule has 0 bridgehead atoms. The number of carboxylic acid groups (broad SMARTS) is 1. The number of aromatic carboxylic acids is 1. The highest BCUT2D eigenvalue weighted by atomic mass is 32.2. The monoisotopic (exact) mass is 273 g/mol. The molecule has 1 fully saturated rings. The SMILES string of the molecule is O=C(O)c1coc(CNCC2CCCS2(=O)=O)c1. The zero-order chi connectivity index (χ0) is 13.2. The van der Waals surface area contributed by atoms with Crippen LogP contribution in [0.15, 0.2) is 16.7 Å². The Kier molecular flexibility index (Phi) is 3.72. The summed E-state index contributed by atoms with van der Waals surface area (Å²) < 4.78 is 28.2. The van der Waals surface area contributed by atoms with E-state index in [1.807, 2.05) is 0 Å². The number of hydrogen-bond acceptors (Lipinski definition) is 5. The first-order chi connectivity index (χ1) is 8.49. The molecular formula is C11H15NO5S. The van der Waals surface area contributed by atoms with E-state index in [0.29, 0.717) is 25.3 Å². The molecule has 6 nitrogen and oxygen atoms in total. The predicted molar refractivity (Wildman–Crippen MR) is 64.2 cm³/mol. The zero-order valence-corrected chi connectivity index (χ0v) is 10.6. The predicted octanol–water partition coefficient (Wildman–Crippen LogP) is 0.645. The van der Waals surface area contributed by atoms with Gasteiger partial charge in [0.05, 0.1) is 23.1 Å². The highest BCUT2D eigenvalue weighted by Gasteiger charge is 2.30. The maximum absolute atomic E-state index is 11.6. The minimum atomic E-state index is -2.94. The molecule has 0 aliphatic carbocycles. The van der Waals surface area contributed by atoms with E-state index in [1.165, 1.54) is 12.3 Å². The minimum absolute atomic E-state index is 0.0975. The second-order valence-electron chi connectivity index (χ2n) is 4.37. The van der Waals surface area contributed by atoms with E-state index < -0.39 is 15.8 Å². The fourth-order valence-corrected chi connectivity index (χ4v) is 3.83. The van der Waals surface area contributed by atoms with Crippen molar-refractivity contribution in [1.29, 1.82) is 0 Å². The van der Waals surface area contributed by atoms with Crippen LogP contribution in [0.25, 0.3) is 0 Å². The van der Waals surface area contributed by atoms with Gasteiger partial charge in [0.15, 0.2) is 9.84 Å². The topological polar surface area (TPSA) is 96.6 Å². The molecule has 1 aliphatic rings. The average molecular weight is 273 g/mol. The summed E-state index contributed by atoms with van der Waals surface area (Å²) in [5.41, 5.74) is 0.0975. The van der Waals surface area contributed by atoms with Crippen molar-refractivity contribution in [3.63, 3.8) is 0 Å². The van der Waals surface area contributed by atoms with Crippen LogP contribution in [0.4, 0.5) is 0 Å². The van der Waals surface area contributed by atoms with Gasteiger partial charge in [0.1, 0.15) is 12.0 Å². The van der Waals surface area contributed by atoms with Crippen LogP contribution < -0.4 is 5.32 Å². The molecule has 0 radical (unpaired) electrons. The maximum Gasteiger partial charge on any atom is 0.338 e. The lowest BCUT2D eigenvalue weighted by molar-refractivity contribution is 0.0696. The minimum Gasteiger partial charge on any atom is -0.478 e. The van der Waals surface area contributed by atoms with Crippen LogP contribution in [0, 0.1) is 0 Å². The second kappa shape index (κ2) is 5.11. The van der Waals surface area contributed by atoms with Crippen molar-refractivity contribution >= 4 is 15.8 Å². The molecule has 0 spiro atoms. The van der Waals surface area contributed by atoms with Crippen molar-refractivity contribution in [3.05, 3.63) is 23.7 Å². The summed E-state index contributed by atoms with van der Waals surface area (Å²) in [6.45, 7) is 0.713. The number of carboxylic acids is 1. The van der Waals surface area contributed by atoms with E-state index in [-0.39, 0.29) is 16.6 Å². The molecule has 1 atom stereocenters. The van der Waals surface area contributed by atoms with Gasteiger partial charge in [0.2, 0.25) is 0 Å². The van der Waals surface area contributed by atoms with Crippen LogP contribution in [-0.2, 0) is 16.4 Å². The summed E-state index contributed by atoms with van der Waals surface area (Å²) in [7, 11) is -2.94. The van der Waals surface area contributed by atoms with Crippen LogP contribution >= 0.6 is 0 Å². The second-order valence-corrected chi connectivity index (χ2v) is 6.77. The van der Waals surface area contributed by atoms with Gasteiger partial charge in [-0.25, -0.2) is 13.2 Å². The first-order valence-electron chi connectivity index (χ1n) is 5.72. The fraction of sp³-hybridized carbons (Fsp3) is 0.545. The van der Waals surface area contributed by atoms with Gasteiger partial charge in [-0.1, -0.05) is 0 Å². The van der Waals surface area contributed by atoms with Crippen LogP contribution in [0.3, 0.4) is 0 Å². The fourth-order valence-electron chi connectivity index (χ4n) is 2.03. The van der Waals surface area contributed by atoms with E-state index in [2.05, 4.69) is 5.32 Å². The third kappa shape index (κ3) is 2.91. The Morgan fingerprint density at radius 3 is 2.89 bits per heavy atom. The lowest BCUT2D eigenvalue weighted by Gasteiger charge is -2.09. The van der Waals surface area contributed by atoms with Gasteiger partial charge in [-0.3, -0.25) is 0 Å². The summed E-state index contributed by atoms with van der Waals surface area (Å²) in [6.07, 6.45) is 2.58. The smallest absolute Gasteiger partial charge is 0.338 e. The molecule has 100 valence electrons. The Morgan fingerprint density at radius 1 is 1.56 bits per heavy atom. The number of hydrogen-bond donors (Lipinski definition) is 2. The summed E-state index contributed by atoms with van der Waals surface area (Å²) in [6, 6.07) is 1.43.